The summed E-state index contributed by atoms with van der Waals surface area (Å²) in [6, 6.07) is 16.6. The van der Waals surface area contributed by atoms with E-state index in [-0.39, 0.29) is 43.1 Å². The van der Waals surface area contributed by atoms with Crippen LogP contribution < -0.4 is 4.74 Å². The van der Waals surface area contributed by atoms with Gasteiger partial charge in [0, 0.05) is 29.8 Å². The van der Waals surface area contributed by atoms with Gasteiger partial charge in [0.25, 0.3) is 11.8 Å². The van der Waals surface area contributed by atoms with Crippen molar-refractivity contribution in [3.05, 3.63) is 82.0 Å². The molecule has 0 fully saturated rings. The normalized spacial score (nSPS) is 14.4. The highest BCUT2D eigenvalue weighted by Crippen LogP contribution is 2.34. The molecule has 0 saturated heterocycles. The summed E-state index contributed by atoms with van der Waals surface area (Å²) in [5, 5.41) is 14.9. The van der Waals surface area contributed by atoms with E-state index in [0.29, 0.717) is 27.6 Å². The highest BCUT2D eigenvalue weighted by atomic mass is 35.5. The molecule has 210 valence electrons. The van der Waals surface area contributed by atoms with Crippen LogP contribution in [0.2, 0.25) is 5.02 Å². The molecule has 11 heteroatoms. The molecule has 2 heterocycles. The molecule has 3 aromatic rings. The van der Waals surface area contributed by atoms with Gasteiger partial charge in [0.05, 0.1) is 37.6 Å². The monoisotopic (exact) mass is 574 g/mol. The smallest absolute Gasteiger partial charge is 0.302 e. The zero-order valence-corrected chi connectivity index (χ0v) is 23.5. The number of carbonyl (C=O) groups excluding carboxylic acids is 3. The van der Waals surface area contributed by atoms with Crippen LogP contribution in [0.25, 0.3) is 23.0 Å². The van der Waals surface area contributed by atoms with E-state index in [9.17, 15) is 19.6 Å². The maximum Gasteiger partial charge on any atom is 0.302 e. The Bertz CT molecular complexity index is 1590. The van der Waals surface area contributed by atoms with Crippen molar-refractivity contribution in [2.75, 3.05) is 33.5 Å². The first-order valence-electron chi connectivity index (χ1n) is 12.6. The van der Waals surface area contributed by atoms with Gasteiger partial charge in [0.1, 0.15) is 29.7 Å². The fourth-order valence-corrected chi connectivity index (χ4v) is 4.49. The minimum Gasteiger partial charge on any atom is -0.495 e. The molecule has 2 aromatic carbocycles. The van der Waals surface area contributed by atoms with Crippen molar-refractivity contribution in [3.63, 3.8) is 0 Å². The van der Waals surface area contributed by atoms with E-state index in [2.05, 4.69) is 0 Å². The Labute approximate surface area is 242 Å². The molecule has 2 amide bonds. The number of carbonyl (C=O) groups is 3. The third-order valence-corrected chi connectivity index (χ3v) is 6.60. The average molecular weight is 575 g/mol. The number of amides is 2. The lowest BCUT2D eigenvalue weighted by Gasteiger charge is -2.27. The highest BCUT2D eigenvalue weighted by molar-refractivity contribution is 6.32. The lowest BCUT2D eigenvalue weighted by Crippen LogP contribution is -2.44. The van der Waals surface area contributed by atoms with E-state index < -0.39 is 17.8 Å². The second-order valence-electron chi connectivity index (χ2n) is 8.95. The first-order valence-corrected chi connectivity index (χ1v) is 13.0. The Hall–Kier alpha value is -4.72. The maximum absolute atomic E-state index is 13.6. The van der Waals surface area contributed by atoms with Crippen molar-refractivity contribution in [1.82, 2.24) is 14.7 Å². The Balaban J connectivity index is 1.73. The molecular formula is C30H27ClN4O6. The van der Waals surface area contributed by atoms with Crippen molar-refractivity contribution in [3.8, 4) is 28.8 Å². The number of methoxy groups -OCH3 is 1. The number of hydrogen-bond donors (Lipinski definition) is 0. The number of hydrogen-bond acceptors (Lipinski definition) is 8. The van der Waals surface area contributed by atoms with E-state index >= 15 is 0 Å². The molecule has 1 aliphatic heterocycles. The number of halogens is 1. The predicted molar refractivity (Wildman–Crippen MR) is 151 cm³/mol. The Morgan fingerprint density at radius 3 is 2.51 bits per heavy atom. The summed E-state index contributed by atoms with van der Waals surface area (Å²) in [5.41, 5.74) is 2.87. The van der Waals surface area contributed by atoms with Crippen molar-refractivity contribution in [2.45, 2.75) is 13.8 Å². The molecule has 0 aliphatic carbocycles. The van der Waals surface area contributed by atoms with Crippen LogP contribution in [0, 0.1) is 11.3 Å². The number of nitriles is 1. The van der Waals surface area contributed by atoms with E-state index in [0.717, 1.165) is 10.6 Å². The zero-order valence-electron chi connectivity index (χ0n) is 22.7. The van der Waals surface area contributed by atoms with Crippen LogP contribution in [0.15, 0.2) is 71.4 Å². The summed E-state index contributed by atoms with van der Waals surface area (Å²) in [6.45, 7) is 2.93. The molecule has 0 radical (unpaired) electrons. The molecule has 4 rings (SSSR count). The number of aromatic nitrogens is 2. The largest absolute Gasteiger partial charge is 0.495 e. The van der Waals surface area contributed by atoms with E-state index in [4.69, 9.17) is 30.9 Å². The van der Waals surface area contributed by atoms with Gasteiger partial charge in [-0.05, 0) is 48.9 Å². The van der Waals surface area contributed by atoms with Crippen molar-refractivity contribution in [1.29, 1.82) is 5.26 Å². The number of nitrogens with zero attached hydrogens (tertiary/aromatic N) is 4. The minimum atomic E-state index is -0.696. The standard InChI is InChI=1S/C30H27ClN4O6/c1-19-24(29(37)34(30(38)25(19)17-32)11-12-40-13-14-41-20(2)36)15-22-18-35(23-7-5-4-6-8-23)33-28(22)21-9-10-27(39-3)26(31)16-21/h4-10,15-16,18H,11-14H2,1-3H3/b24-15+. The van der Waals surface area contributed by atoms with Gasteiger partial charge in [0.15, 0.2) is 0 Å². The summed E-state index contributed by atoms with van der Waals surface area (Å²) in [4.78, 5) is 38.5. The van der Waals surface area contributed by atoms with Crippen molar-refractivity contribution < 1.29 is 28.6 Å². The van der Waals surface area contributed by atoms with Gasteiger partial charge in [-0.1, -0.05) is 29.8 Å². The number of para-hydroxylation sites is 1. The first-order chi connectivity index (χ1) is 19.7. The van der Waals surface area contributed by atoms with Gasteiger partial charge in [-0.3, -0.25) is 19.3 Å². The third-order valence-electron chi connectivity index (χ3n) is 6.31. The van der Waals surface area contributed by atoms with Gasteiger partial charge in [-0.25, -0.2) is 4.68 Å². The molecule has 0 N–H and O–H groups in total. The third kappa shape index (κ3) is 6.54. The number of imide groups is 1. The summed E-state index contributed by atoms with van der Waals surface area (Å²) in [6.07, 6.45) is 3.39. The van der Waals surface area contributed by atoms with Gasteiger partial charge in [0.2, 0.25) is 0 Å². The SMILES string of the molecule is COc1ccc(-c2nn(-c3ccccc3)cc2/C=C2/C(=O)N(CCOCCOC(C)=O)C(=O)C(C#N)=C2C)cc1Cl. The molecule has 1 aromatic heterocycles. The summed E-state index contributed by atoms with van der Waals surface area (Å²) in [7, 11) is 1.52. The molecule has 10 nitrogen and oxygen atoms in total. The van der Waals surface area contributed by atoms with Crippen LogP contribution in [-0.4, -0.2) is 65.9 Å². The van der Waals surface area contributed by atoms with Gasteiger partial charge >= 0.3 is 5.97 Å². The maximum atomic E-state index is 13.6. The minimum absolute atomic E-state index is 0.00528. The Morgan fingerprint density at radius 1 is 1.10 bits per heavy atom. The van der Waals surface area contributed by atoms with Crippen molar-refractivity contribution >= 4 is 35.5 Å². The topological polar surface area (TPSA) is 124 Å². The quantitative estimate of drug-likeness (QED) is 0.151. The van der Waals surface area contributed by atoms with Gasteiger partial charge < -0.3 is 14.2 Å². The summed E-state index contributed by atoms with van der Waals surface area (Å²) < 4.78 is 17.2. The molecule has 0 bridgehead atoms. The predicted octanol–water partition coefficient (Wildman–Crippen LogP) is 4.37. The Morgan fingerprint density at radius 2 is 1.85 bits per heavy atom. The number of rotatable bonds is 10. The van der Waals surface area contributed by atoms with Crippen molar-refractivity contribution in [2.24, 2.45) is 0 Å². The van der Waals surface area contributed by atoms with Crippen LogP contribution in [0.3, 0.4) is 0 Å². The molecule has 1 aliphatic rings. The van der Waals surface area contributed by atoms with E-state index in [1.165, 1.54) is 14.0 Å². The molecule has 0 spiro atoms. The molecular weight excluding hydrogens is 548 g/mol. The molecule has 0 atom stereocenters. The number of ether oxygens (including phenoxy) is 3. The summed E-state index contributed by atoms with van der Waals surface area (Å²) >= 11 is 6.41. The highest BCUT2D eigenvalue weighted by Gasteiger charge is 2.35. The average Bonchev–Trinajstić information content (AvgIpc) is 3.39. The second kappa shape index (κ2) is 13.1. The summed E-state index contributed by atoms with van der Waals surface area (Å²) in [5.74, 6) is -1.20. The van der Waals surface area contributed by atoms with Gasteiger partial charge in [-0.2, -0.15) is 10.4 Å². The fraction of sp³-hybridized carbons (Fsp3) is 0.233. The van der Waals surface area contributed by atoms with E-state index in [1.54, 1.807) is 42.1 Å². The Kier molecular flexibility index (Phi) is 9.34. The first kappa shape index (κ1) is 29.3. The van der Waals surface area contributed by atoms with Crippen LogP contribution in [-0.2, 0) is 23.9 Å². The lowest BCUT2D eigenvalue weighted by molar-refractivity contribution is -0.142. The van der Waals surface area contributed by atoms with Crippen LogP contribution in [0.4, 0.5) is 0 Å². The van der Waals surface area contributed by atoms with E-state index in [1.807, 2.05) is 36.4 Å². The number of esters is 1. The van der Waals surface area contributed by atoms with Gasteiger partial charge in [-0.15, -0.1) is 0 Å². The molecule has 0 saturated carbocycles. The van der Waals surface area contributed by atoms with Crippen LogP contribution in [0.1, 0.15) is 19.4 Å². The van der Waals surface area contributed by atoms with Crippen LogP contribution >= 0.6 is 11.6 Å². The van der Waals surface area contributed by atoms with Crippen LogP contribution in [0.5, 0.6) is 5.75 Å². The lowest BCUT2D eigenvalue weighted by atomic mass is 9.93. The second-order valence-corrected chi connectivity index (χ2v) is 9.35. The molecule has 0 unspecified atom stereocenters. The fourth-order valence-electron chi connectivity index (χ4n) is 4.23. The molecule has 41 heavy (non-hydrogen) atoms. The zero-order chi connectivity index (χ0) is 29.5. The number of benzene rings is 2.